The van der Waals surface area contributed by atoms with Crippen LogP contribution in [-0.2, 0) is 0 Å². The highest BCUT2D eigenvalue weighted by Crippen LogP contribution is 2.19. The Kier molecular flexibility index (Phi) is 7.44. The van der Waals surface area contributed by atoms with E-state index in [-0.39, 0.29) is 25.2 Å². The van der Waals surface area contributed by atoms with Crippen LogP contribution in [0.25, 0.3) is 0 Å². The van der Waals surface area contributed by atoms with Crippen LogP contribution in [0.1, 0.15) is 16.7 Å². The zero-order valence-electron chi connectivity index (χ0n) is 18.4. The number of benzene rings is 3. The number of nitrogens with one attached hydrogen (secondary N) is 3. The van der Waals surface area contributed by atoms with Gasteiger partial charge in [0.15, 0.2) is 0 Å². The number of aryl methyl sites for hydroxylation is 3. The van der Waals surface area contributed by atoms with Crippen molar-refractivity contribution in [2.75, 3.05) is 28.6 Å². The molecule has 6 nitrogen and oxygen atoms in total. The van der Waals surface area contributed by atoms with E-state index < -0.39 is 5.82 Å². The van der Waals surface area contributed by atoms with Gasteiger partial charge in [-0.05, 0) is 68.3 Å². The number of nitrogens with zero attached hydrogens (tertiary/aromatic N) is 1. The maximum absolute atomic E-state index is 13.4. The van der Waals surface area contributed by atoms with Gasteiger partial charge in [-0.3, -0.25) is 4.90 Å². The SMILES string of the molecule is Cc1ccc(NC(=O)N(CCNC(=O)Nc2c(C)cccc2C)c2ccc(F)cc2)cc1. The molecule has 0 heterocycles. The van der Waals surface area contributed by atoms with Gasteiger partial charge in [0, 0.05) is 30.2 Å². The molecule has 0 saturated heterocycles. The summed E-state index contributed by atoms with van der Waals surface area (Å²) in [6.07, 6.45) is 0. The van der Waals surface area contributed by atoms with Gasteiger partial charge in [0.25, 0.3) is 0 Å². The number of para-hydroxylation sites is 1. The van der Waals surface area contributed by atoms with Crippen molar-refractivity contribution < 1.29 is 14.0 Å². The Bertz CT molecular complexity index is 1060. The lowest BCUT2D eigenvalue weighted by molar-refractivity contribution is 0.250. The third-order valence-electron chi connectivity index (χ3n) is 5.03. The first-order chi connectivity index (χ1) is 15.3. The summed E-state index contributed by atoms with van der Waals surface area (Å²) in [5.74, 6) is -0.390. The Balaban J connectivity index is 1.66. The normalized spacial score (nSPS) is 10.4. The summed E-state index contributed by atoms with van der Waals surface area (Å²) < 4.78 is 13.4. The lowest BCUT2D eigenvalue weighted by Crippen LogP contribution is -2.42. The molecule has 0 saturated carbocycles. The first kappa shape index (κ1) is 22.8. The van der Waals surface area contributed by atoms with Crippen LogP contribution in [0, 0.1) is 26.6 Å². The molecule has 0 bridgehead atoms. The predicted octanol–water partition coefficient (Wildman–Crippen LogP) is 5.61. The van der Waals surface area contributed by atoms with Crippen molar-refractivity contribution in [1.29, 1.82) is 0 Å². The Morgan fingerprint density at radius 3 is 2.09 bits per heavy atom. The van der Waals surface area contributed by atoms with Gasteiger partial charge >= 0.3 is 12.1 Å². The summed E-state index contributed by atoms with van der Waals surface area (Å²) in [6, 6.07) is 18.1. The second-order valence-electron chi connectivity index (χ2n) is 7.57. The lowest BCUT2D eigenvalue weighted by atomic mass is 10.1. The van der Waals surface area contributed by atoms with Gasteiger partial charge in [-0.2, -0.15) is 0 Å². The van der Waals surface area contributed by atoms with Crippen molar-refractivity contribution >= 4 is 29.1 Å². The molecule has 0 unspecified atom stereocenters. The van der Waals surface area contributed by atoms with Gasteiger partial charge in [-0.1, -0.05) is 35.9 Å². The molecule has 0 spiro atoms. The number of halogens is 1. The molecule has 4 amide bonds. The molecule has 166 valence electrons. The minimum atomic E-state index is -0.390. The molecule has 0 atom stereocenters. The Morgan fingerprint density at radius 1 is 0.844 bits per heavy atom. The van der Waals surface area contributed by atoms with E-state index in [4.69, 9.17) is 0 Å². The molecule has 32 heavy (non-hydrogen) atoms. The van der Waals surface area contributed by atoms with Crippen molar-refractivity contribution in [1.82, 2.24) is 5.32 Å². The van der Waals surface area contributed by atoms with Crippen molar-refractivity contribution in [3.05, 3.63) is 89.2 Å². The molecule has 0 aliphatic carbocycles. The standard InChI is InChI=1S/C25H27FN4O2/c1-17-7-11-21(12-8-17)28-25(32)30(22-13-9-20(26)10-14-22)16-15-27-24(31)29-23-18(2)5-4-6-19(23)3/h4-14H,15-16H2,1-3H3,(H,28,32)(H2,27,29,31). The number of urea groups is 2. The summed E-state index contributed by atoms with van der Waals surface area (Å²) in [4.78, 5) is 26.8. The summed E-state index contributed by atoms with van der Waals surface area (Å²) in [5.41, 5.74) is 4.94. The van der Waals surface area contributed by atoms with Crippen molar-refractivity contribution in [2.45, 2.75) is 20.8 Å². The largest absolute Gasteiger partial charge is 0.336 e. The summed E-state index contributed by atoms with van der Waals surface area (Å²) in [7, 11) is 0. The fourth-order valence-corrected chi connectivity index (χ4v) is 3.25. The highest BCUT2D eigenvalue weighted by Gasteiger charge is 2.17. The highest BCUT2D eigenvalue weighted by molar-refractivity contribution is 6.01. The summed E-state index contributed by atoms with van der Waals surface area (Å²) in [5, 5.41) is 8.47. The fourth-order valence-electron chi connectivity index (χ4n) is 3.25. The second kappa shape index (κ2) is 10.4. The molecular formula is C25H27FN4O2. The number of rotatable bonds is 6. The second-order valence-corrected chi connectivity index (χ2v) is 7.57. The van der Waals surface area contributed by atoms with E-state index in [1.807, 2.05) is 63.2 Å². The quantitative estimate of drug-likeness (QED) is 0.472. The third-order valence-corrected chi connectivity index (χ3v) is 5.03. The average Bonchev–Trinajstić information content (AvgIpc) is 2.76. The van der Waals surface area contributed by atoms with Gasteiger partial charge in [0.05, 0.1) is 0 Å². The van der Waals surface area contributed by atoms with Gasteiger partial charge < -0.3 is 16.0 Å². The molecule has 3 aromatic carbocycles. The minimum absolute atomic E-state index is 0.198. The number of amides is 4. The van der Waals surface area contributed by atoms with Crippen LogP contribution in [0.5, 0.6) is 0 Å². The molecular weight excluding hydrogens is 407 g/mol. The molecule has 0 aliphatic rings. The zero-order valence-corrected chi connectivity index (χ0v) is 18.4. The summed E-state index contributed by atoms with van der Waals surface area (Å²) >= 11 is 0. The molecule has 0 radical (unpaired) electrons. The summed E-state index contributed by atoms with van der Waals surface area (Å²) in [6.45, 7) is 6.22. The fraction of sp³-hybridized carbons (Fsp3) is 0.200. The number of hydrogen-bond acceptors (Lipinski definition) is 2. The molecule has 0 aromatic heterocycles. The monoisotopic (exact) mass is 434 g/mol. The highest BCUT2D eigenvalue weighted by atomic mass is 19.1. The van der Waals surface area contributed by atoms with Gasteiger partial charge in [0.2, 0.25) is 0 Å². The molecule has 0 aliphatic heterocycles. The van der Waals surface area contributed by atoms with Crippen LogP contribution in [0.4, 0.5) is 31.0 Å². The van der Waals surface area contributed by atoms with E-state index >= 15 is 0 Å². The van der Waals surface area contributed by atoms with Crippen molar-refractivity contribution in [3.63, 3.8) is 0 Å². The Morgan fingerprint density at radius 2 is 1.47 bits per heavy atom. The van der Waals surface area contributed by atoms with Gasteiger partial charge in [0.1, 0.15) is 5.82 Å². The number of hydrogen-bond donors (Lipinski definition) is 3. The molecule has 3 N–H and O–H groups in total. The average molecular weight is 435 g/mol. The van der Waals surface area contributed by atoms with Crippen LogP contribution in [-0.4, -0.2) is 25.2 Å². The topological polar surface area (TPSA) is 73.5 Å². The van der Waals surface area contributed by atoms with E-state index in [2.05, 4.69) is 16.0 Å². The van der Waals surface area contributed by atoms with Crippen LogP contribution < -0.4 is 20.9 Å². The van der Waals surface area contributed by atoms with E-state index in [9.17, 15) is 14.0 Å². The first-order valence-electron chi connectivity index (χ1n) is 10.4. The number of carbonyl (C=O) groups is 2. The van der Waals surface area contributed by atoms with Crippen LogP contribution >= 0.6 is 0 Å². The van der Waals surface area contributed by atoms with Crippen LogP contribution in [0.3, 0.4) is 0 Å². The van der Waals surface area contributed by atoms with Crippen LogP contribution in [0.15, 0.2) is 66.7 Å². The minimum Gasteiger partial charge on any atom is -0.336 e. The first-order valence-corrected chi connectivity index (χ1v) is 10.4. The molecule has 0 fully saturated rings. The van der Waals surface area contributed by atoms with E-state index in [0.717, 1.165) is 22.4 Å². The number of carbonyl (C=O) groups excluding carboxylic acids is 2. The maximum atomic E-state index is 13.4. The van der Waals surface area contributed by atoms with E-state index in [1.54, 1.807) is 0 Å². The van der Waals surface area contributed by atoms with Crippen LogP contribution in [0.2, 0.25) is 0 Å². The predicted molar refractivity (Wildman–Crippen MR) is 127 cm³/mol. The number of anilines is 3. The van der Waals surface area contributed by atoms with E-state index in [1.165, 1.54) is 29.2 Å². The smallest absolute Gasteiger partial charge is 0.326 e. The molecule has 3 rings (SSSR count). The molecule has 3 aromatic rings. The maximum Gasteiger partial charge on any atom is 0.326 e. The zero-order chi connectivity index (χ0) is 23.1. The van der Waals surface area contributed by atoms with E-state index in [0.29, 0.717) is 11.4 Å². The Hall–Kier alpha value is -3.87. The van der Waals surface area contributed by atoms with Crippen molar-refractivity contribution in [3.8, 4) is 0 Å². The molecule has 7 heteroatoms. The lowest BCUT2D eigenvalue weighted by Gasteiger charge is -2.24. The van der Waals surface area contributed by atoms with Gasteiger partial charge in [-0.25, -0.2) is 14.0 Å². The Labute approximate surface area is 187 Å². The van der Waals surface area contributed by atoms with Crippen molar-refractivity contribution in [2.24, 2.45) is 0 Å². The third kappa shape index (κ3) is 6.07. The van der Waals surface area contributed by atoms with Gasteiger partial charge in [-0.15, -0.1) is 0 Å².